The molecule has 126 valence electrons. The van der Waals surface area contributed by atoms with E-state index in [1.807, 2.05) is 26.0 Å². The fourth-order valence-corrected chi connectivity index (χ4v) is 2.58. The highest BCUT2D eigenvalue weighted by molar-refractivity contribution is 14.0. The summed E-state index contributed by atoms with van der Waals surface area (Å²) in [5.41, 5.74) is 10.2. The number of aromatic nitrogens is 1. The van der Waals surface area contributed by atoms with Crippen molar-refractivity contribution >= 4 is 35.6 Å². The van der Waals surface area contributed by atoms with E-state index in [1.54, 1.807) is 0 Å². The lowest BCUT2D eigenvalue weighted by Gasteiger charge is -2.10. The first-order valence-corrected chi connectivity index (χ1v) is 7.60. The van der Waals surface area contributed by atoms with Gasteiger partial charge in [-0.15, -0.1) is 24.0 Å². The van der Waals surface area contributed by atoms with Gasteiger partial charge < -0.3 is 15.6 Å². The molecule has 0 spiro atoms. The average Bonchev–Trinajstić information content (AvgIpc) is 2.84. The van der Waals surface area contributed by atoms with Crippen LogP contribution in [0.25, 0.3) is 0 Å². The minimum atomic E-state index is 0. The Morgan fingerprint density at radius 2 is 2.13 bits per heavy atom. The van der Waals surface area contributed by atoms with Crippen molar-refractivity contribution < 1.29 is 4.52 Å². The van der Waals surface area contributed by atoms with Crippen molar-refractivity contribution in [3.05, 3.63) is 46.8 Å². The third-order valence-electron chi connectivity index (χ3n) is 3.72. The second-order valence-corrected chi connectivity index (χ2v) is 5.54. The molecular formula is C17H25IN4O. The summed E-state index contributed by atoms with van der Waals surface area (Å²) in [6, 6.07) is 8.18. The molecule has 0 amide bonds. The lowest BCUT2D eigenvalue weighted by molar-refractivity contribution is 0.391. The molecule has 0 fully saturated rings. The van der Waals surface area contributed by atoms with E-state index >= 15 is 0 Å². The molecule has 1 heterocycles. The predicted octanol–water partition coefficient (Wildman–Crippen LogP) is 4.00. The predicted molar refractivity (Wildman–Crippen MR) is 106 cm³/mol. The molecule has 1 unspecified atom stereocenters. The van der Waals surface area contributed by atoms with Crippen LogP contribution < -0.4 is 11.1 Å². The molecule has 6 heteroatoms. The molecule has 0 saturated heterocycles. The van der Waals surface area contributed by atoms with E-state index < -0.39 is 0 Å². The van der Waals surface area contributed by atoms with Crippen molar-refractivity contribution in [2.45, 2.75) is 40.0 Å². The van der Waals surface area contributed by atoms with Crippen LogP contribution in [0.15, 0.2) is 33.8 Å². The first kappa shape index (κ1) is 19.5. The van der Waals surface area contributed by atoms with Gasteiger partial charge in [0.05, 0.1) is 5.69 Å². The molecule has 5 nitrogen and oxygen atoms in total. The summed E-state index contributed by atoms with van der Waals surface area (Å²) in [6.07, 6.45) is 0.996. The van der Waals surface area contributed by atoms with E-state index in [-0.39, 0.29) is 29.9 Å². The number of halogens is 1. The van der Waals surface area contributed by atoms with Gasteiger partial charge in [0.15, 0.2) is 5.96 Å². The number of hydrogen-bond donors (Lipinski definition) is 2. The first-order valence-electron chi connectivity index (χ1n) is 7.60. The summed E-state index contributed by atoms with van der Waals surface area (Å²) in [4.78, 5) is 4.43. The number of nitrogens with one attached hydrogen (secondary N) is 1. The smallest absolute Gasteiger partial charge is 0.193 e. The number of anilines is 1. The Balaban J connectivity index is 0.00000264. The molecule has 0 radical (unpaired) electrons. The summed E-state index contributed by atoms with van der Waals surface area (Å²) in [7, 11) is 0. The number of guanidine groups is 1. The van der Waals surface area contributed by atoms with E-state index in [4.69, 9.17) is 10.3 Å². The summed E-state index contributed by atoms with van der Waals surface area (Å²) in [6.45, 7) is 8.69. The minimum absolute atomic E-state index is 0. The van der Waals surface area contributed by atoms with Gasteiger partial charge in [0.1, 0.15) is 5.76 Å². The quantitative estimate of drug-likeness (QED) is 0.429. The minimum Gasteiger partial charge on any atom is -0.370 e. The van der Waals surface area contributed by atoms with Crippen molar-refractivity contribution in [3.8, 4) is 0 Å². The Bertz CT molecular complexity index is 647. The maximum Gasteiger partial charge on any atom is 0.193 e. The number of aryl methyl sites for hydroxylation is 3. The lowest BCUT2D eigenvalue weighted by Crippen LogP contribution is -2.23. The second-order valence-electron chi connectivity index (χ2n) is 5.54. The van der Waals surface area contributed by atoms with Crippen molar-refractivity contribution in [1.82, 2.24) is 5.16 Å². The van der Waals surface area contributed by atoms with Gasteiger partial charge in [-0.05, 0) is 38.0 Å². The fourth-order valence-electron chi connectivity index (χ4n) is 2.58. The van der Waals surface area contributed by atoms with Crippen LogP contribution in [-0.2, 0) is 6.42 Å². The van der Waals surface area contributed by atoms with Gasteiger partial charge in [0.25, 0.3) is 0 Å². The topological polar surface area (TPSA) is 76.4 Å². The van der Waals surface area contributed by atoms with Crippen LogP contribution in [0, 0.1) is 13.8 Å². The van der Waals surface area contributed by atoms with Crippen molar-refractivity contribution in [2.24, 2.45) is 10.7 Å². The molecule has 23 heavy (non-hydrogen) atoms. The zero-order valence-corrected chi connectivity index (χ0v) is 16.4. The van der Waals surface area contributed by atoms with Crippen LogP contribution in [-0.4, -0.2) is 17.7 Å². The number of rotatable bonds is 5. The van der Waals surface area contributed by atoms with Crippen molar-refractivity contribution in [2.75, 3.05) is 11.9 Å². The van der Waals surface area contributed by atoms with Crippen molar-refractivity contribution in [3.63, 3.8) is 0 Å². The summed E-state index contributed by atoms with van der Waals surface area (Å²) < 4.78 is 5.20. The Morgan fingerprint density at radius 3 is 2.74 bits per heavy atom. The van der Waals surface area contributed by atoms with Crippen LogP contribution >= 0.6 is 24.0 Å². The molecule has 0 aliphatic carbocycles. The molecule has 0 saturated carbocycles. The van der Waals surface area contributed by atoms with Gasteiger partial charge >= 0.3 is 0 Å². The zero-order chi connectivity index (χ0) is 16.1. The van der Waals surface area contributed by atoms with Crippen LogP contribution in [0.4, 0.5) is 5.69 Å². The third kappa shape index (κ3) is 5.23. The SMILES string of the molecule is CCc1cccc(NC(N)=NCC(C)c2c(C)noc2C)c1.I. The summed E-state index contributed by atoms with van der Waals surface area (Å²) in [5, 5.41) is 7.12. The Hall–Kier alpha value is -1.57. The zero-order valence-electron chi connectivity index (χ0n) is 14.1. The molecule has 0 aliphatic heterocycles. The monoisotopic (exact) mass is 428 g/mol. The summed E-state index contributed by atoms with van der Waals surface area (Å²) in [5.74, 6) is 1.49. The molecule has 0 bridgehead atoms. The highest BCUT2D eigenvalue weighted by Gasteiger charge is 2.15. The molecular weight excluding hydrogens is 403 g/mol. The van der Waals surface area contributed by atoms with E-state index in [0.29, 0.717) is 12.5 Å². The number of nitrogens with two attached hydrogens (primary N) is 1. The van der Waals surface area contributed by atoms with Gasteiger partial charge in [0.2, 0.25) is 0 Å². The van der Waals surface area contributed by atoms with Gasteiger partial charge in [-0.2, -0.15) is 0 Å². The second kappa shape index (κ2) is 8.90. The standard InChI is InChI=1S/C17H24N4O.HI/c1-5-14-7-6-8-15(9-14)20-17(18)19-10-11(2)16-12(3)21-22-13(16)4;/h6-9,11H,5,10H2,1-4H3,(H3,18,19,20);1H. The molecule has 3 N–H and O–H groups in total. The molecule has 1 atom stereocenters. The maximum atomic E-state index is 5.97. The number of nitrogens with zero attached hydrogens (tertiary/aromatic N) is 2. The molecule has 2 rings (SSSR count). The van der Waals surface area contributed by atoms with Crippen LogP contribution in [0.2, 0.25) is 0 Å². The normalized spacial score (nSPS) is 12.6. The van der Waals surface area contributed by atoms with Crippen LogP contribution in [0.3, 0.4) is 0 Å². The molecule has 2 aromatic rings. The fraction of sp³-hybridized carbons (Fsp3) is 0.412. The van der Waals surface area contributed by atoms with Gasteiger partial charge in [0, 0.05) is 23.7 Å². The van der Waals surface area contributed by atoms with Gasteiger partial charge in [-0.3, -0.25) is 4.99 Å². The highest BCUT2D eigenvalue weighted by atomic mass is 127. The van der Waals surface area contributed by atoms with E-state index in [0.717, 1.165) is 29.1 Å². The first-order chi connectivity index (χ1) is 10.5. The maximum absolute atomic E-state index is 5.97. The number of hydrogen-bond acceptors (Lipinski definition) is 3. The van der Waals surface area contributed by atoms with E-state index in [9.17, 15) is 0 Å². The van der Waals surface area contributed by atoms with E-state index in [2.05, 4.69) is 41.4 Å². The molecule has 0 aliphatic rings. The molecule has 1 aromatic carbocycles. The van der Waals surface area contributed by atoms with Crippen molar-refractivity contribution in [1.29, 1.82) is 0 Å². The lowest BCUT2D eigenvalue weighted by atomic mass is 10.00. The Labute approximate surface area is 154 Å². The van der Waals surface area contributed by atoms with Crippen LogP contribution in [0.1, 0.15) is 42.3 Å². The van der Waals surface area contributed by atoms with Gasteiger partial charge in [-0.25, -0.2) is 0 Å². The van der Waals surface area contributed by atoms with Gasteiger partial charge in [-0.1, -0.05) is 31.1 Å². The number of benzene rings is 1. The van der Waals surface area contributed by atoms with E-state index in [1.165, 1.54) is 5.56 Å². The Morgan fingerprint density at radius 1 is 1.39 bits per heavy atom. The number of aliphatic imine (C=N–C) groups is 1. The molecule has 1 aromatic heterocycles. The third-order valence-corrected chi connectivity index (χ3v) is 3.72. The summed E-state index contributed by atoms with van der Waals surface area (Å²) >= 11 is 0. The van der Waals surface area contributed by atoms with Crippen LogP contribution in [0.5, 0.6) is 0 Å². The average molecular weight is 428 g/mol. The highest BCUT2D eigenvalue weighted by Crippen LogP contribution is 2.23. The largest absolute Gasteiger partial charge is 0.370 e. The Kier molecular flexibility index (Phi) is 7.54.